The Morgan fingerprint density at radius 3 is 2.41 bits per heavy atom. The van der Waals surface area contributed by atoms with Gasteiger partial charge in [-0.25, -0.2) is 4.98 Å². The summed E-state index contributed by atoms with van der Waals surface area (Å²) in [6, 6.07) is 13.8. The summed E-state index contributed by atoms with van der Waals surface area (Å²) < 4.78 is 0. The number of Topliss-reactive ketones (excluding diaryl/α,β-unsaturated/α-hetero) is 1. The third-order valence-corrected chi connectivity index (χ3v) is 5.83. The average Bonchev–Trinajstić information content (AvgIpc) is 3.15. The number of hydrogen-bond acceptors (Lipinski definition) is 3. The largest absolute Gasteiger partial charge is 0.343 e. The van der Waals surface area contributed by atoms with Crippen LogP contribution >= 0.6 is 0 Å². The van der Waals surface area contributed by atoms with E-state index in [-0.39, 0.29) is 24.5 Å². The van der Waals surface area contributed by atoms with Crippen molar-refractivity contribution in [3.8, 4) is 0 Å². The maximum atomic E-state index is 12.6. The maximum Gasteiger partial charge on any atom is 0.223 e. The number of H-pyrrole nitrogens is 1. The molecule has 1 aromatic heterocycles. The van der Waals surface area contributed by atoms with Gasteiger partial charge in [-0.2, -0.15) is 0 Å². The fourth-order valence-electron chi connectivity index (χ4n) is 4.00. The third kappa shape index (κ3) is 4.39. The van der Waals surface area contributed by atoms with Gasteiger partial charge in [0, 0.05) is 37.4 Å². The minimum Gasteiger partial charge on any atom is -0.343 e. The van der Waals surface area contributed by atoms with E-state index in [0.717, 1.165) is 48.4 Å². The summed E-state index contributed by atoms with van der Waals surface area (Å²) in [5, 5.41) is 0. The smallest absolute Gasteiger partial charge is 0.223 e. The summed E-state index contributed by atoms with van der Waals surface area (Å²) >= 11 is 0. The Labute approximate surface area is 171 Å². The van der Waals surface area contributed by atoms with Gasteiger partial charge in [0.25, 0.3) is 0 Å². The van der Waals surface area contributed by atoms with Gasteiger partial charge < -0.3 is 9.88 Å². The lowest BCUT2D eigenvalue weighted by molar-refractivity contribution is -0.132. The molecule has 1 amide bonds. The molecule has 5 nitrogen and oxygen atoms in total. The molecule has 3 aromatic rings. The molecule has 5 heteroatoms. The van der Waals surface area contributed by atoms with Gasteiger partial charge in [0.05, 0.1) is 11.0 Å². The number of aryl methyl sites for hydroxylation is 2. The Morgan fingerprint density at radius 2 is 1.69 bits per heavy atom. The number of carbonyl (C=O) groups excluding carboxylic acids is 2. The van der Waals surface area contributed by atoms with Gasteiger partial charge in [0.1, 0.15) is 5.82 Å². The molecule has 1 aliphatic rings. The van der Waals surface area contributed by atoms with E-state index in [4.69, 9.17) is 4.98 Å². The van der Waals surface area contributed by atoms with Crippen molar-refractivity contribution in [2.75, 3.05) is 13.1 Å². The lowest BCUT2D eigenvalue weighted by Gasteiger charge is -2.31. The molecule has 29 heavy (non-hydrogen) atoms. The molecule has 1 fully saturated rings. The van der Waals surface area contributed by atoms with Crippen LogP contribution < -0.4 is 0 Å². The highest BCUT2D eigenvalue weighted by Gasteiger charge is 2.26. The topological polar surface area (TPSA) is 66.1 Å². The number of nitrogens with one attached hydrogen (secondary N) is 1. The number of rotatable bonds is 5. The quantitative estimate of drug-likeness (QED) is 0.651. The summed E-state index contributed by atoms with van der Waals surface area (Å²) in [4.78, 5) is 35.0. The van der Waals surface area contributed by atoms with Crippen LogP contribution in [-0.2, 0) is 4.79 Å². The predicted octanol–water partition coefficient (Wildman–Crippen LogP) is 4.55. The summed E-state index contributed by atoms with van der Waals surface area (Å²) in [7, 11) is 0. The second-order valence-corrected chi connectivity index (χ2v) is 8.09. The second kappa shape index (κ2) is 8.19. The maximum absolute atomic E-state index is 12.6. The van der Waals surface area contributed by atoms with E-state index in [1.807, 2.05) is 42.2 Å². The van der Waals surface area contributed by atoms with Crippen LogP contribution in [0.25, 0.3) is 11.0 Å². The zero-order valence-corrected chi connectivity index (χ0v) is 17.1. The Morgan fingerprint density at radius 1 is 1.00 bits per heavy atom. The first-order valence-corrected chi connectivity index (χ1v) is 10.3. The van der Waals surface area contributed by atoms with E-state index in [0.29, 0.717) is 11.5 Å². The highest BCUT2D eigenvalue weighted by Crippen LogP contribution is 2.28. The van der Waals surface area contributed by atoms with Crippen LogP contribution in [0, 0.1) is 13.8 Å². The van der Waals surface area contributed by atoms with Gasteiger partial charge in [0.15, 0.2) is 5.78 Å². The van der Waals surface area contributed by atoms with Crippen molar-refractivity contribution < 1.29 is 9.59 Å². The van der Waals surface area contributed by atoms with Gasteiger partial charge in [-0.05, 0) is 44.4 Å². The number of hydrogen-bond donors (Lipinski definition) is 1. The van der Waals surface area contributed by atoms with Gasteiger partial charge in [0.2, 0.25) is 5.91 Å². The van der Waals surface area contributed by atoms with Crippen molar-refractivity contribution in [3.05, 3.63) is 65.0 Å². The van der Waals surface area contributed by atoms with Crippen LogP contribution in [-0.4, -0.2) is 39.6 Å². The lowest BCUT2D eigenvalue weighted by atomic mass is 9.95. The number of piperidine rings is 1. The first kappa shape index (κ1) is 19.4. The fraction of sp³-hybridized carbons (Fsp3) is 0.375. The first-order chi connectivity index (χ1) is 14.0. The Bertz CT molecular complexity index is 1030. The van der Waals surface area contributed by atoms with E-state index < -0.39 is 0 Å². The standard InChI is InChI=1S/C24H27N3O2/c1-16-3-6-18(7-4-16)22(28)9-10-23(29)27-13-11-19(12-14-27)24-25-20-8-5-17(2)15-21(20)26-24/h3-8,15,19H,9-14H2,1-2H3,(H,25,26). The van der Waals surface area contributed by atoms with Gasteiger partial charge >= 0.3 is 0 Å². The highest BCUT2D eigenvalue weighted by molar-refractivity contribution is 5.98. The van der Waals surface area contributed by atoms with Gasteiger partial charge in [-0.15, -0.1) is 0 Å². The second-order valence-electron chi connectivity index (χ2n) is 8.09. The molecule has 1 aliphatic heterocycles. The summed E-state index contributed by atoms with van der Waals surface area (Å²) in [5.74, 6) is 1.48. The van der Waals surface area contributed by atoms with Crippen molar-refractivity contribution in [1.29, 1.82) is 0 Å². The molecule has 0 radical (unpaired) electrons. The lowest BCUT2D eigenvalue weighted by Crippen LogP contribution is -2.38. The van der Waals surface area contributed by atoms with E-state index in [9.17, 15) is 9.59 Å². The number of aromatic nitrogens is 2. The molecule has 150 valence electrons. The molecule has 1 N–H and O–H groups in total. The van der Waals surface area contributed by atoms with Crippen LogP contribution in [0.4, 0.5) is 0 Å². The van der Waals surface area contributed by atoms with E-state index in [1.54, 1.807) is 0 Å². The van der Waals surface area contributed by atoms with E-state index in [1.165, 1.54) is 5.56 Å². The summed E-state index contributed by atoms with van der Waals surface area (Å²) in [5.41, 5.74) is 5.10. The van der Waals surface area contributed by atoms with Crippen molar-refractivity contribution in [1.82, 2.24) is 14.9 Å². The first-order valence-electron chi connectivity index (χ1n) is 10.3. The number of imidazole rings is 1. The number of aromatic amines is 1. The van der Waals surface area contributed by atoms with E-state index in [2.05, 4.69) is 24.0 Å². The molecule has 0 aliphatic carbocycles. The number of ketones is 1. The SMILES string of the molecule is Cc1ccc(C(=O)CCC(=O)N2CCC(c3nc4ccc(C)cc4[nH]3)CC2)cc1. The zero-order chi connectivity index (χ0) is 20.4. The number of fused-ring (bicyclic) bond motifs is 1. The molecule has 4 rings (SSSR count). The predicted molar refractivity (Wildman–Crippen MR) is 114 cm³/mol. The minimum absolute atomic E-state index is 0.0332. The Balaban J connectivity index is 1.30. The molecule has 0 spiro atoms. The number of carbonyl (C=O) groups is 2. The molecular weight excluding hydrogens is 362 g/mol. The van der Waals surface area contributed by atoms with Gasteiger partial charge in [-0.1, -0.05) is 35.9 Å². The van der Waals surface area contributed by atoms with Crippen LogP contribution in [0.2, 0.25) is 0 Å². The van der Waals surface area contributed by atoms with Gasteiger partial charge in [-0.3, -0.25) is 9.59 Å². The van der Waals surface area contributed by atoms with Crippen LogP contribution in [0.15, 0.2) is 42.5 Å². The molecule has 0 bridgehead atoms. The highest BCUT2D eigenvalue weighted by atomic mass is 16.2. The average molecular weight is 389 g/mol. The normalized spacial score (nSPS) is 15.0. The van der Waals surface area contributed by atoms with Crippen molar-refractivity contribution in [2.24, 2.45) is 0 Å². The Kier molecular flexibility index (Phi) is 5.47. The molecule has 0 unspecified atom stereocenters. The summed E-state index contributed by atoms with van der Waals surface area (Å²) in [6.07, 6.45) is 2.35. The molecule has 2 aromatic carbocycles. The summed E-state index contributed by atoms with van der Waals surface area (Å²) in [6.45, 7) is 5.51. The number of amides is 1. The molecule has 2 heterocycles. The molecule has 0 atom stereocenters. The van der Waals surface area contributed by atoms with Crippen molar-refractivity contribution in [2.45, 2.75) is 45.4 Å². The number of nitrogens with zero attached hydrogens (tertiary/aromatic N) is 2. The Hall–Kier alpha value is -2.95. The van der Waals surface area contributed by atoms with Crippen molar-refractivity contribution >= 4 is 22.7 Å². The van der Waals surface area contributed by atoms with E-state index >= 15 is 0 Å². The zero-order valence-electron chi connectivity index (χ0n) is 17.1. The monoisotopic (exact) mass is 389 g/mol. The van der Waals surface area contributed by atoms with Crippen LogP contribution in [0.3, 0.4) is 0 Å². The molecule has 0 saturated carbocycles. The number of benzene rings is 2. The van der Waals surface area contributed by atoms with Crippen molar-refractivity contribution in [3.63, 3.8) is 0 Å². The number of likely N-dealkylation sites (tertiary alicyclic amines) is 1. The van der Waals surface area contributed by atoms with Crippen LogP contribution in [0.1, 0.15) is 58.9 Å². The van der Waals surface area contributed by atoms with Crippen LogP contribution in [0.5, 0.6) is 0 Å². The minimum atomic E-state index is 0.0332. The molecule has 1 saturated heterocycles. The fourth-order valence-corrected chi connectivity index (χ4v) is 4.00. The molecular formula is C24H27N3O2. The third-order valence-electron chi connectivity index (χ3n) is 5.83.